The van der Waals surface area contributed by atoms with Crippen LogP contribution >= 0.6 is 0 Å². The summed E-state index contributed by atoms with van der Waals surface area (Å²) in [5, 5.41) is 0. The quantitative estimate of drug-likeness (QED) is 0.0443. The fourth-order valence-electron chi connectivity index (χ4n) is 4.87. The zero-order valence-corrected chi connectivity index (χ0v) is 31.4. The molecule has 0 spiro atoms. The first-order chi connectivity index (χ1) is 22.3. The van der Waals surface area contributed by atoms with Crippen LogP contribution in [0.1, 0.15) is 196 Å². The van der Waals surface area contributed by atoms with Crippen molar-refractivity contribution in [1.29, 1.82) is 0 Å². The smallest absolute Gasteiger partial charge is 0.306 e. The van der Waals surface area contributed by atoms with Crippen LogP contribution in [0.15, 0.2) is 48.6 Å². The van der Waals surface area contributed by atoms with Gasteiger partial charge in [0.15, 0.2) is 0 Å². The number of unbranched alkanes of at least 4 members (excludes halogenated alkanes) is 16. The Balaban J connectivity index is 0. The summed E-state index contributed by atoms with van der Waals surface area (Å²) in [5.74, 6) is -0.0983. The van der Waals surface area contributed by atoms with Crippen molar-refractivity contribution in [3.63, 3.8) is 0 Å². The fourth-order valence-corrected chi connectivity index (χ4v) is 4.87. The minimum absolute atomic E-state index is 0.0111. The van der Waals surface area contributed by atoms with Crippen LogP contribution in [0.5, 0.6) is 0 Å². The molecule has 0 atom stereocenters. The van der Waals surface area contributed by atoms with E-state index in [0.29, 0.717) is 12.8 Å². The molecule has 0 aliphatic heterocycles. The molecule has 0 aromatic rings. The normalized spacial score (nSPS) is 11.8. The first kappa shape index (κ1) is 46.0. The molecule has 46 heavy (non-hydrogen) atoms. The van der Waals surface area contributed by atoms with Gasteiger partial charge in [-0.3, -0.25) is 9.59 Å². The molecule has 0 aliphatic carbocycles. The third kappa shape index (κ3) is 44.0. The zero-order valence-electron chi connectivity index (χ0n) is 31.4. The van der Waals surface area contributed by atoms with E-state index < -0.39 is 0 Å². The second-order valence-electron chi connectivity index (χ2n) is 13.0. The topological polar surface area (TPSA) is 52.6 Å². The van der Waals surface area contributed by atoms with Crippen molar-refractivity contribution < 1.29 is 19.1 Å². The molecular weight excluding hydrogens is 568 g/mol. The van der Waals surface area contributed by atoms with Crippen LogP contribution in [-0.4, -0.2) is 24.1 Å². The summed E-state index contributed by atoms with van der Waals surface area (Å²) in [4.78, 5) is 22.7. The minimum atomic E-state index is -0.0545. The predicted molar refractivity (Wildman–Crippen MR) is 201 cm³/mol. The molecular formula is C42H76O4. The molecule has 0 aromatic heterocycles. The number of hydrogen-bond acceptors (Lipinski definition) is 4. The lowest BCUT2D eigenvalue weighted by Gasteiger charge is -2.07. The molecule has 0 amide bonds. The lowest BCUT2D eigenvalue weighted by atomic mass is 10.1. The van der Waals surface area contributed by atoms with Crippen LogP contribution in [0.4, 0.5) is 0 Å². The van der Waals surface area contributed by atoms with Crippen molar-refractivity contribution >= 4 is 11.9 Å². The second-order valence-corrected chi connectivity index (χ2v) is 13.0. The molecule has 268 valence electrons. The number of carbonyl (C=O) groups excluding carboxylic acids is 2. The van der Waals surface area contributed by atoms with Gasteiger partial charge in [-0.25, -0.2) is 0 Å². The number of hydrogen-bond donors (Lipinski definition) is 0. The standard InChI is InChI=1S/C21H40O2.C21H36O2/c2*1-4-5-6-7-8-9-10-11-12-13-14-15-16-17-18-19-21(22)23-20(2)3/h11-12,20H,4-10,13-19H2,1-3H3;5-6,8-9,11-12,20H,4,7,10,13-19H2,1-3H3/b12-11-;6-5-,9-8-,12-11-. The average molecular weight is 645 g/mol. The Kier molecular flexibility index (Phi) is 39.1. The number of rotatable bonds is 30. The maximum absolute atomic E-state index is 11.4. The molecule has 0 saturated heterocycles. The predicted octanol–water partition coefficient (Wildman–Crippen LogP) is 13.5. The van der Waals surface area contributed by atoms with Crippen LogP contribution in [0, 0.1) is 0 Å². The van der Waals surface area contributed by atoms with Gasteiger partial charge in [-0.05, 0) is 98.3 Å². The largest absolute Gasteiger partial charge is 0.463 e. The third-order valence-electron chi connectivity index (χ3n) is 7.41. The minimum Gasteiger partial charge on any atom is -0.463 e. The van der Waals surface area contributed by atoms with Gasteiger partial charge in [-0.15, -0.1) is 0 Å². The lowest BCUT2D eigenvalue weighted by Crippen LogP contribution is -2.10. The zero-order chi connectivity index (χ0) is 34.4. The van der Waals surface area contributed by atoms with Crippen LogP contribution in [0.25, 0.3) is 0 Å². The van der Waals surface area contributed by atoms with E-state index in [0.717, 1.165) is 44.9 Å². The molecule has 4 nitrogen and oxygen atoms in total. The Morgan fingerprint density at radius 2 is 0.761 bits per heavy atom. The molecule has 0 unspecified atom stereocenters. The molecule has 0 bridgehead atoms. The lowest BCUT2D eigenvalue weighted by molar-refractivity contribution is -0.148. The molecule has 0 N–H and O–H groups in total. The monoisotopic (exact) mass is 645 g/mol. The third-order valence-corrected chi connectivity index (χ3v) is 7.41. The van der Waals surface area contributed by atoms with E-state index in [1.807, 2.05) is 27.7 Å². The molecule has 4 heteroatoms. The van der Waals surface area contributed by atoms with Gasteiger partial charge in [0, 0.05) is 12.8 Å². The van der Waals surface area contributed by atoms with Crippen molar-refractivity contribution in [3.05, 3.63) is 48.6 Å². The number of carbonyl (C=O) groups is 2. The van der Waals surface area contributed by atoms with Crippen LogP contribution < -0.4 is 0 Å². The van der Waals surface area contributed by atoms with Gasteiger partial charge in [-0.2, -0.15) is 0 Å². The van der Waals surface area contributed by atoms with Crippen LogP contribution in [0.3, 0.4) is 0 Å². The summed E-state index contributed by atoms with van der Waals surface area (Å²) < 4.78 is 10.2. The van der Waals surface area contributed by atoms with Gasteiger partial charge < -0.3 is 9.47 Å². The van der Waals surface area contributed by atoms with Gasteiger partial charge in [0.2, 0.25) is 0 Å². The van der Waals surface area contributed by atoms with Crippen molar-refractivity contribution in [1.82, 2.24) is 0 Å². The Bertz CT molecular complexity index is 760. The molecule has 0 aliphatic rings. The van der Waals surface area contributed by atoms with Gasteiger partial charge in [0.05, 0.1) is 12.2 Å². The van der Waals surface area contributed by atoms with E-state index in [4.69, 9.17) is 9.47 Å². The average Bonchev–Trinajstić information content (AvgIpc) is 3.00. The van der Waals surface area contributed by atoms with E-state index in [9.17, 15) is 9.59 Å². The second kappa shape index (κ2) is 39.1. The van der Waals surface area contributed by atoms with E-state index in [1.54, 1.807) is 0 Å². The maximum Gasteiger partial charge on any atom is 0.306 e. The molecule has 0 heterocycles. The Morgan fingerprint density at radius 1 is 0.435 bits per heavy atom. The van der Waals surface area contributed by atoms with E-state index in [-0.39, 0.29) is 24.1 Å². The van der Waals surface area contributed by atoms with E-state index in [1.165, 1.54) is 96.3 Å². The van der Waals surface area contributed by atoms with Crippen molar-refractivity contribution in [2.45, 2.75) is 208 Å². The van der Waals surface area contributed by atoms with Gasteiger partial charge in [0.25, 0.3) is 0 Å². The Morgan fingerprint density at radius 3 is 1.15 bits per heavy atom. The summed E-state index contributed by atoms with van der Waals surface area (Å²) in [6.45, 7) is 12.0. The number of ether oxygens (including phenoxy) is 2. The highest BCUT2D eigenvalue weighted by Crippen LogP contribution is 2.11. The summed E-state index contributed by atoms with van der Waals surface area (Å²) in [6.07, 6.45) is 46.1. The molecule has 0 fully saturated rings. The summed E-state index contributed by atoms with van der Waals surface area (Å²) in [6, 6.07) is 0. The molecule has 0 radical (unpaired) electrons. The van der Waals surface area contributed by atoms with Gasteiger partial charge in [0.1, 0.15) is 0 Å². The first-order valence-electron chi connectivity index (χ1n) is 19.3. The summed E-state index contributed by atoms with van der Waals surface area (Å²) in [7, 11) is 0. The Labute approximate surface area is 286 Å². The van der Waals surface area contributed by atoms with Crippen molar-refractivity contribution in [3.8, 4) is 0 Å². The highest BCUT2D eigenvalue weighted by molar-refractivity contribution is 5.69. The summed E-state index contributed by atoms with van der Waals surface area (Å²) >= 11 is 0. The number of allylic oxidation sites excluding steroid dienone is 8. The highest BCUT2D eigenvalue weighted by atomic mass is 16.5. The maximum atomic E-state index is 11.4. The molecule has 0 rings (SSSR count). The molecule has 0 saturated carbocycles. The first-order valence-corrected chi connectivity index (χ1v) is 19.3. The number of esters is 2. The Hall–Kier alpha value is -2.10. The van der Waals surface area contributed by atoms with Crippen molar-refractivity contribution in [2.24, 2.45) is 0 Å². The van der Waals surface area contributed by atoms with Gasteiger partial charge in [-0.1, -0.05) is 133 Å². The van der Waals surface area contributed by atoms with E-state index in [2.05, 4.69) is 62.5 Å². The van der Waals surface area contributed by atoms with Gasteiger partial charge >= 0.3 is 11.9 Å². The van der Waals surface area contributed by atoms with Crippen LogP contribution in [-0.2, 0) is 19.1 Å². The SMILES string of the molecule is CC/C=C\C/C=C\C/C=C\CCCCCCCC(=O)OC(C)C.CCCCCCCC/C=C\CCCCCCCC(=O)OC(C)C. The molecule has 0 aromatic carbocycles. The van der Waals surface area contributed by atoms with Crippen LogP contribution in [0.2, 0.25) is 0 Å². The fraction of sp³-hybridized carbons (Fsp3) is 0.762. The van der Waals surface area contributed by atoms with Crippen molar-refractivity contribution in [2.75, 3.05) is 0 Å². The summed E-state index contributed by atoms with van der Waals surface area (Å²) in [5.41, 5.74) is 0. The highest BCUT2D eigenvalue weighted by Gasteiger charge is 2.05. The van der Waals surface area contributed by atoms with E-state index >= 15 is 0 Å².